The molecule has 1 aliphatic heterocycles. The zero-order chi connectivity index (χ0) is 14.6. The number of nitrogens with zero attached hydrogens (tertiary/aromatic N) is 1. The molecule has 112 valence electrons. The van der Waals surface area contributed by atoms with Crippen LogP contribution in [0.25, 0.3) is 0 Å². The van der Waals surface area contributed by atoms with Crippen molar-refractivity contribution in [1.29, 1.82) is 0 Å². The van der Waals surface area contributed by atoms with Gasteiger partial charge in [0, 0.05) is 16.9 Å². The third-order valence-electron chi connectivity index (χ3n) is 3.31. The normalized spacial score (nSPS) is 20.9. The van der Waals surface area contributed by atoms with Crippen molar-refractivity contribution in [3.05, 3.63) is 28.7 Å². The van der Waals surface area contributed by atoms with E-state index in [0.29, 0.717) is 19.7 Å². The summed E-state index contributed by atoms with van der Waals surface area (Å²) in [6.45, 7) is 0.627. The minimum atomic E-state index is -4.12. The van der Waals surface area contributed by atoms with Crippen LogP contribution in [0.4, 0.5) is 13.2 Å². The molecule has 0 N–H and O–H groups in total. The lowest BCUT2D eigenvalue weighted by Crippen LogP contribution is -2.42. The number of halogens is 4. The summed E-state index contributed by atoms with van der Waals surface area (Å²) in [4.78, 5) is 1.47. The minimum Gasteiger partial charge on any atom is -0.493 e. The highest BCUT2D eigenvalue weighted by Crippen LogP contribution is 2.23. The van der Waals surface area contributed by atoms with Crippen molar-refractivity contribution in [2.24, 2.45) is 5.92 Å². The van der Waals surface area contributed by atoms with Crippen molar-refractivity contribution in [2.75, 3.05) is 26.2 Å². The molecule has 1 aromatic rings. The lowest BCUT2D eigenvalue weighted by molar-refractivity contribution is -0.149. The van der Waals surface area contributed by atoms with Gasteiger partial charge in [-0.1, -0.05) is 15.9 Å². The summed E-state index contributed by atoms with van der Waals surface area (Å²) in [7, 11) is 0. The first kappa shape index (κ1) is 15.6. The summed E-state index contributed by atoms with van der Waals surface area (Å²) in [6.07, 6.45) is -2.40. The van der Waals surface area contributed by atoms with E-state index < -0.39 is 12.7 Å². The van der Waals surface area contributed by atoms with E-state index >= 15 is 0 Å². The van der Waals surface area contributed by atoms with E-state index in [2.05, 4.69) is 15.9 Å². The van der Waals surface area contributed by atoms with Gasteiger partial charge in [0.2, 0.25) is 0 Å². The van der Waals surface area contributed by atoms with Crippen LogP contribution in [0.1, 0.15) is 12.8 Å². The first-order chi connectivity index (χ1) is 9.42. The SMILES string of the molecule is FC(F)(F)CN1CCCC(COc2ccc(Br)cc2)C1. The maximum Gasteiger partial charge on any atom is 0.401 e. The molecule has 6 heteroatoms. The third kappa shape index (κ3) is 5.32. The van der Waals surface area contributed by atoms with Gasteiger partial charge in [-0.25, -0.2) is 0 Å². The Morgan fingerprint density at radius 1 is 1.25 bits per heavy atom. The van der Waals surface area contributed by atoms with E-state index in [0.717, 1.165) is 23.1 Å². The quantitative estimate of drug-likeness (QED) is 0.809. The van der Waals surface area contributed by atoms with Gasteiger partial charge in [0.15, 0.2) is 0 Å². The standard InChI is InChI=1S/C14H17BrF3NO/c15-12-3-5-13(6-4-12)20-9-11-2-1-7-19(8-11)10-14(16,17)18/h3-6,11H,1-2,7-10H2. The van der Waals surface area contributed by atoms with Crippen LogP contribution in [0, 0.1) is 5.92 Å². The van der Waals surface area contributed by atoms with Gasteiger partial charge in [0.25, 0.3) is 0 Å². The summed E-state index contributed by atoms with van der Waals surface area (Å²) in [5.74, 6) is 0.913. The summed E-state index contributed by atoms with van der Waals surface area (Å²) >= 11 is 3.34. The molecule has 0 amide bonds. The predicted molar refractivity (Wildman–Crippen MR) is 74.9 cm³/mol. The Kier molecular flexibility index (Phi) is 5.32. The molecular formula is C14H17BrF3NO. The average molecular weight is 352 g/mol. The number of piperidine rings is 1. The molecule has 0 saturated carbocycles. The van der Waals surface area contributed by atoms with Crippen LogP contribution in [0.2, 0.25) is 0 Å². The average Bonchev–Trinajstić information content (AvgIpc) is 2.36. The number of likely N-dealkylation sites (tertiary alicyclic amines) is 1. The zero-order valence-electron chi connectivity index (χ0n) is 11.0. The van der Waals surface area contributed by atoms with Gasteiger partial charge in [0.1, 0.15) is 5.75 Å². The molecule has 2 nitrogen and oxygen atoms in total. The van der Waals surface area contributed by atoms with Crippen LogP contribution >= 0.6 is 15.9 Å². The van der Waals surface area contributed by atoms with Crippen LogP contribution in [-0.4, -0.2) is 37.3 Å². The summed E-state index contributed by atoms with van der Waals surface area (Å²) in [6, 6.07) is 7.46. The molecule has 1 atom stereocenters. The van der Waals surface area contributed by atoms with Gasteiger partial charge in [-0.3, -0.25) is 4.90 Å². The largest absolute Gasteiger partial charge is 0.493 e. The van der Waals surface area contributed by atoms with Crippen molar-refractivity contribution in [3.63, 3.8) is 0 Å². The summed E-state index contributed by atoms with van der Waals surface area (Å²) in [5.41, 5.74) is 0. The molecule has 0 radical (unpaired) electrons. The number of benzene rings is 1. The summed E-state index contributed by atoms with van der Waals surface area (Å²) in [5, 5.41) is 0. The molecule has 0 bridgehead atoms. The highest BCUT2D eigenvalue weighted by molar-refractivity contribution is 9.10. The second-order valence-corrected chi connectivity index (χ2v) is 6.04. The van der Waals surface area contributed by atoms with E-state index in [9.17, 15) is 13.2 Å². The van der Waals surface area contributed by atoms with Crippen molar-refractivity contribution >= 4 is 15.9 Å². The van der Waals surface area contributed by atoms with Gasteiger partial charge < -0.3 is 4.74 Å². The molecule has 20 heavy (non-hydrogen) atoms. The molecule has 1 fully saturated rings. The maximum atomic E-state index is 12.4. The van der Waals surface area contributed by atoms with E-state index in [1.807, 2.05) is 24.3 Å². The summed E-state index contributed by atoms with van der Waals surface area (Å²) < 4.78 is 43.8. The fourth-order valence-electron chi connectivity index (χ4n) is 2.43. The van der Waals surface area contributed by atoms with Crippen LogP contribution in [0.3, 0.4) is 0 Å². The Morgan fingerprint density at radius 2 is 1.95 bits per heavy atom. The van der Waals surface area contributed by atoms with Crippen LogP contribution in [-0.2, 0) is 0 Å². The fourth-order valence-corrected chi connectivity index (χ4v) is 2.69. The molecule has 2 rings (SSSR count). The third-order valence-corrected chi connectivity index (χ3v) is 3.83. The Hall–Kier alpha value is -0.750. The topological polar surface area (TPSA) is 12.5 Å². The number of alkyl halides is 3. The number of hydrogen-bond donors (Lipinski definition) is 0. The molecule has 1 unspecified atom stereocenters. The highest BCUT2D eigenvalue weighted by atomic mass is 79.9. The molecular weight excluding hydrogens is 335 g/mol. The van der Waals surface area contributed by atoms with E-state index in [-0.39, 0.29) is 5.92 Å². The maximum absolute atomic E-state index is 12.4. The van der Waals surface area contributed by atoms with Crippen molar-refractivity contribution < 1.29 is 17.9 Å². The monoisotopic (exact) mass is 351 g/mol. The van der Waals surface area contributed by atoms with Gasteiger partial charge in [-0.2, -0.15) is 13.2 Å². The second kappa shape index (κ2) is 6.80. The van der Waals surface area contributed by atoms with Crippen LogP contribution in [0.15, 0.2) is 28.7 Å². The smallest absolute Gasteiger partial charge is 0.401 e. The lowest BCUT2D eigenvalue weighted by atomic mass is 9.99. The van der Waals surface area contributed by atoms with E-state index in [1.54, 1.807) is 0 Å². The number of ether oxygens (including phenoxy) is 1. The van der Waals surface area contributed by atoms with Crippen molar-refractivity contribution in [2.45, 2.75) is 19.0 Å². The van der Waals surface area contributed by atoms with Crippen LogP contribution in [0.5, 0.6) is 5.75 Å². The van der Waals surface area contributed by atoms with Gasteiger partial charge in [0.05, 0.1) is 13.2 Å². The van der Waals surface area contributed by atoms with E-state index in [1.165, 1.54) is 4.90 Å². The van der Waals surface area contributed by atoms with E-state index in [4.69, 9.17) is 4.74 Å². The Bertz CT molecular complexity index is 421. The Morgan fingerprint density at radius 3 is 2.60 bits per heavy atom. The van der Waals surface area contributed by atoms with Gasteiger partial charge in [-0.05, 0) is 43.7 Å². The minimum absolute atomic E-state index is 0.162. The fraction of sp³-hybridized carbons (Fsp3) is 0.571. The first-order valence-electron chi connectivity index (χ1n) is 6.60. The zero-order valence-corrected chi connectivity index (χ0v) is 12.6. The van der Waals surface area contributed by atoms with Crippen molar-refractivity contribution in [3.8, 4) is 5.75 Å². The molecule has 1 aromatic carbocycles. The molecule has 0 spiro atoms. The second-order valence-electron chi connectivity index (χ2n) is 5.12. The highest BCUT2D eigenvalue weighted by Gasteiger charge is 2.33. The molecule has 1 aliphatic rings. The van der Waals surface area contributed by atoms with Gasteiger partial charge in [-0.15, -0.1) is 0 Å². The van der Waals surface area contributed by atoms with Crippen LogP contribution < -0.4 is 4.74 Å². The molecule has 0 aromatic heterocycles. The molecule has 1 saturated heterocycles. The Labute approximate surface area is 125 Å². The predicted octanol–water partition coefficient (Wildman–Crippen LogP) is 4.10. The molecule has 1 heterocycles. The number of rotatable bonds is 4. The number of hydrogen-bond acceptors (Lipinski definition) is 2. The van der Waals surface area contributed by atoms with Gasteiger partial charge >= 0.3 is 6.18 Å². The lowest BCUT2D eigenvalue weighted by Gasteiger charge is -2.32. The first-order valence-corrected chi connectivity index (χ1v) is 7.39. The Balaban J connectivity index is 1.79. The van der Waals surface area contributed by atoms with Crippen molar-refractivity contribution in [1.82, 2.24) is 4.90 Å². The molecule has 0 aliphatic carbocycles.